The first-order valence-electron chi connectivity index (χ1n) is 8.61. The number of likely N-dealkylation sites (N-methyl/N-ethyl adjacent to an activating group) is 1. The molecule has 1 aromatic carbocycles. The number of hydrogen-bond acceptors (Lipinski definition) is 4. The molecule has 0 fully saturated rings. The highest BCUT2D eigenvalue weighted by atomic mass is 16.2. The van der Waals surface area contributed by atoms with E-state index in [4.69, 9.17) is 0 Å². The maximum atomic E-state index is 12.7. The Balaban J connectivity index is 2.93. The van der Waals surface area contributed by atoms with Crippen molar-refractivity contribution < 1.29 is 19.2 Å². The third kappa shape index (κ3) is 5.98. The van der Waals surface area contributed by atoms with Gasteiger partial charge in [-0.2, -0.15) is 0 Å². The molecule has 7 nitrogen and oxygen atoms in total. The van der Waals surface area contributed by atoms with E-state index in [0.717, 1.165) is 5.56 Å². The van der Waals surface area contributed by atoms with Crippen molar-refractivity contribution in [2.45, 2.75) is 32.7 Å². The van der Waals surface area contributed by atoms with Crippen molar-refractivity contribution in [3.05, 3.63) is 35.9 Å². The number of imide groups is 1. The molecule has 0 aromatic heterocycles. The van der Waals surface area contributed by atoms with E-state index in [1.807, 2.05) is 30.3 Å². The number of hydrogen-bond donors (Lipinski definition) is 2. The van der Waals surface area contributed by atoms with Crippen LogP contribution in [-0.2, 0) is 25.6 Å². The molecule has 4 amide bonds. The smallest absolute Gasteiger partial charge is 0.244 e. The van der Waals surface area contributed by atoms with Crippen LogP contribution in [0, 0.1) is 11.8 Å². The summed E-state index contributed by atoms with van der Waals surface area (Å²) in [5.41, 5.74) is 0.924. The monoisotopic (exact) mass is 361 g/mol. The number of carbonyl (C=O) groups excluding carboxylic acids is 4. The van der Waals surface area contributed by atoms with E-state index >= 15 is 0 Å². The second-order valence-corrected chi connectivity index (χ2v) is 6.41. The molecule has 1 aromatic rings. The highest BCUT2D eigenvalue weighted by molar-refractivity contribution is 5.93. The van der Waals surface area contributed by atoms with E-state index in [-0.39, 0.29) is 11.8 Å². The Morgan fingerprint density at radius 3 is 2.23 bits per heavy atom. The molecule has 3 unspecified atom stereocenters. The Hall–Kier alpha value is -2.70. The van der Waals surface area contributed by atoms with E-state index in [0.29, 0.717) is 19.3 Å². The highest BCUT2D eigenvalue weighted by Gasteiger charge is 2.32. The third-order valence-electron chi connectivity index (χ3n) is 4.33. The number of nitrogens with one attached hydrogen (secondary N) is 2. The summed E-state index contributed by atoms with van der Waals surface area (Å²) in [6, 6.07) is 8.67. The van der Waals surface area contributed by atoms with Crippen LogP contribution in [0.25, 0.3) is 0 Å². The van der Waals surface area contributed by atoms with Crippen LogP contribution in [0.15, 0.2) is 30.3 Å². The number of nitrogens with zero attached hydrogens (tertiary/aromatic N) is 1. The minimum absolute atomic E-state index is 0.220. The van der Waals surface area contributed by atoms with Crippen LogP contribution < -0.4 is 10.6 Å². The Morgan fingerprint density at radius 2 is 1.73 bits per heavy atom. The largest absolute Gasteiger partial charge is 0.347 e. The molecular formula is C19H27N3O4. The van der Waals surface area contributed by atoms with Gasteiger partial charge in [0.1, 0.15) is 6.04 Å². The van der Waals surface area contributed by atoms with E-state index in [2.05, 4.69) is 10.6 Å². The molecule has 7 heteroatoms. The molecule has 0 bridgehead atoms. The maximum Gasteiger partial charge on any atom is 0.244 e. The van der Waals surface area contributed by atoms with Gasteiger partial charge in [-0.05, 0) is 12.0 Å². The molecular weight excluding hydrogens is 334 g/mol. The standard InChI is InChI=1S/C19H27N3O4/c1-5-15(13(2)17(24)20-12-23)18(25)21-16(19(26)22(3)4)11-14-9-7-6-8-10-14/h6-10,12-13,15-16H,5,11H2,1-4H3,(H,21,25)(H,20,23,24). The Bertz CT molecular complexity index is 631. The van der Waals surface area contributed by atoms with Crippen LogP contribution in [0.3, 0.4) is 0 Å². The van der Waals surface area contributed by atoms with Gasteiger partial charge in [-0.25, -0.2) is 0 Å². The molecule has 3 atom stereocenters. The van der Waals surface area contributed by atoms with Gasteiger partial charge >= 0.3 is 0 Å². The van der Waals surface area contributed by atoms with Gasteiger partial charge in [-0.15, -0.1) is 0 Å². The van der Waals surface area contributed by atoms with Crippen molar-refractivity contribution in [3.63, 3.8) is 0 Å². The predicted octanol–water partition coefficient (Wildman–Crippen LogP) is 0.737. The first kappa shape index (κ1) is 21.3. The van der Waals surface area contributed by atoms with Gasteiger partial charge in [0.05, 0.1) is 0 Å². The fourth-order valence-electron chi connectivity index (χ4n) is 2.78. The quantitative estimate of drug-likeness (QED) is 0.634. The van der Waals surface area contributed by atoms with Gasteiger partial charge in [0.15, 0.2) is 0 Å². The fourth-order valence-corrected chi connectivity index (χ4v) is 2.78. The first-order valence-corrected chi connectivity index (χ1v) is 8.61. The molecule has 1 rings (SSSR count). The van der Waals surface area contributed by atoms with Gasteiger partial charge in [0.25, 0.3) is 0 Å². The van der Waals surface area contributed by atoms with Gasteiger partial charge < -0.3 is 10.2 Å². The van der Waals surface area contributed by atoms with Crippen LogP contribution in [0.1, 0.15) is 25.8 Å². The van der Waals surface area contributed by atoms with Gasteiger partial charge in [0, 0.05) is 32.4 Å². The van der Waals surface area contributed by atoms with Crippen molar-refractivity contribution in [2.75, 3.05) is 14.1 Å². The van der Waals surface area contributed by atoms with Crippen LogP contribution in [-0.4, -0.2) is 49.2 Å². The molecule has 0 heterocycles. The molecule has 0 aliphatic carbocycles. The zero-order valence-corrected chi connectivity index (χ0v) is 15.7. The van der Waals surface area contributed by atoms with E-state index in [1.165, 1.54) is 4.90 Å². The lowest BCUT2D eigenvalue weighted by molar-refractivity contribution is -0.138. The van der Waals surface area contributed by atoms with Crippen LogP contribution in [0.2, 0.25) is 0 Å². The molecule has 0 spiro atoms. The summed E-state index contributed by atoms with van der Waals surface area (Å²) in [7, 11) is 3.26. The Labute approximate surface area is 154 Å². The topological polar surface area (TPSA) is 95.6 Å². The molecule has 142 valence electrons. The van der Waals surface area contributed by atoms with Crippen molar-refractivity contribution in [3.8, 4) is 0 Å². The number of benzene rings is 1. The second kappa shape index (κ2) is 10.3. The zero-order chi connectivity index (χ0) is 19.7. The highest BCUT2D eigenvalue weighted by Crippen LogP contribution is 2.17. The average Bonchev–Trinajstić information content (AvgIpc) is 2.62. The molecule has 0 aliphatic rings. The van der Waals surface area contributed by atoms with Gasteiger partial charge in [-0.3, -0.25) is 24.5 Å². The van der Waals surface area contributed by atoms with E-state index < -0.39 is 23.8 Å². The molecule has 2 N–H and O–H groups in total. The lowest BCUT2D eigenvalue weighted by atomic mass is 9.89. The zero-order valence-electron chi connectivity index (χ0n) is 15.7. The lowest BCUT2D eigenvalue weighted by Crippen LogP contribution is -2.51. The molecule has 0 aliphatic heterocycles. The minimum Gasteiger partial charge on any atom is -0.347 e. The van der Waals surface area contributed by atoms with Crippen molar-refractivity contribution in [1.29, 1.82) is 0 Å². The fraction of sp³-hybridized carbons (Fsp3) is 0.474. The predicted molar refractivity (Wildman–Crippen MR) is 97.9 cm³/mol. The summed E-state index contributed by atoms with van der Waals surface area (Å²) in [5.74, 6) is -2.43. The summed E-state index contributed by atoms with van der Waals surface area (Å²) in [6.07, 6.45) is 1.07. The molecule has 0 saturated heterocycles. The van der Waals surface area contributed by atoms with Gasteiger partial charge in [0.2, 0.25) is 24.1 Å². The van der Waals surface area contributed by atoms with Crippen molar-refractivity contribution in [1.82, 2.24) is 15.5 Å². The average molecular weight is 361 g/mol. The van der Waals surface area contributed by atoms with Gasteiger partial charge in [-0.1, -0.05) is 44.2 Å². The summed E-state index contributed by atoms with van der Waals surface area (Å²) < 4.78 is 0. The van der Waals surface area contributed by atoms with Crippen LogP contribution >= 0.6 is 0 Å². The first-order chi connectivity index (χ1) is 12.3. The second-order valence-electron chi connectivity index (χ2n) is 6.41. The summed E-state index contributed by atoms with van der Waals surface area (Å²) in [5, 5.41) is 4.85. The summed E-state index contributed by atoms with van der Waals surface area (Å²) >= 11 is 0. The number of carbonyl (C=O) groups is 4. The third-order valence-corrected chi connectivity index (χ3v) is 4.33. The molecule has 26 heavy (non-hydrogen) atoms. The number of amides is 4. The SMILES string of the molecule is CCC(C(=O)NC(Cc1ccccc1)C(=O)N(C)C)C(C)C(=O)NC=O. The minimum atomic E-state index is -0.727. The van der Waals surface area contributed by atoms with Crippen LogP contribution in [0.4, 0.5) is 0 Å². The van der Waals surface area contributed by atoms with Crippen molar-refractivity contribution >= 4 is 24.1 Å². The Morgan fingerprint density at radius 1 is 1.12 bits per heavy atom. The van der Waals surface area contributed by atoms with Crippen molar-refractivity contribution in [2.24, 2.45) is 11.8 Å². The Kier molecular flexibility index (Phi) is 8.48. The van der Waals surface area contributed by atoms with E-state index in [9.17, 15) is 19.2 Å². The lowest BCUT2D eigenvalue weighted by Gasteiger charge is -2.26. The molecule has 0 saturated carbocycles. The van der Waals surface area contributed by atoms with E-state index in [1.54, 1.807) is 27.9 Å². The summed E-state index contributed by atoms with van der Waals surface area (Å²) in [6.45, 7) is 3.38. The molecule has 0 radical (unpaired) electrons. The maximum absolute atomic E-state index is 12.7. The normalized spacial score (nSPS) is 13.8. The summed E-state index contributed by atoms with van der Waals surface area (Å²) in [4.78, 5) is 48.9. The van der Waals surface area contributed by atoms with Crippen LogP contribution in [0.5, 0.6) is 0 Å². The number of rotatable bonds is 9.